The summed E-state index contributed by atoms with van der Waals surface area (Å²) in [6.07, 6.45) is 0.608. The van der Waals surface area contributed by atoms with E-state index in [1.54, 1.807) is 19.1 Å². The molecule has 1 unspecified atom stereocenters. The molecule has 0 fully saturated rings. The molecule has 16 heavy (non-hydrogen) atoms. The fourth-order valence-electron chi connectivity index (χ4n) is 1.56. The van der Waals surface area contributed by atoms with Crippen LogP contribution >= 0.6 is 0 Å². The van der Waals surface area contributed by atoms with Gasteiger partial charge < -0.3 is 10.4 Å². The molecule has 0 aromatic heterocycles. The minimum atomic E-state index is -0.907. The van der Waals surface area contributed by atoms with Gasteiger partial charge in [0.15, 0.2) is 0 Å². The van der Waals surface area contributed by atoms with Crippen molar-refractivity contribution in [1.29, 1.82) is 0 Å². The number of aliphatic hydroxyl groups is 1. The first kappa shape index (κ1) is 13.1. The van der Waals surface area contributed by atoms with Gasteiger partial charge in [-0.25, -0.2) is 4.39 Å². The highest BCUT2D eigenvalue weighted by atomic mass is 19.1. The molecule has 1 atom stereocenters. The molecule has 0 radical (unpaired) electrons. The van der Waals surface area contributed by atoms with Gasteiger partial charge in [0.2, 0.25) is 0 Å². The van der Waals surface area contributed by atoms with Gasteiger partial charge in [0.05, 0.1) is 5.60 Å². The predicted octanol–water partition coefficient (Wildman–Crippen LogP) is 2.42. The van der Waals surface area contributed by atoms with Crippen molar-refractivity contribution in [2.24, 2.45) is 0 Å². The van der Waals surface area contributed by atoms with E-state index in [0.29, 0.717) is 12.5 Å². The van der Waals surface area contributed by atoms with Crippen LogP contribution in [-0.2, 0) is 5.60 Å². The molecule has 0 amide bonds. The molecule has 0 heterocycles. The van der Waals surface area contributed by atoms with Crippen LogP contribution in [0.3, 0.4) is 0 Å². The molecular weight excluding hydrogens is 205 g/mol. The largest absolute Gasteiger partial charge is 0.385 e. The summed E-state index contributed by atoms with van der Waals surface area (Å²) in [6.45, 7) is 6.61. The highest BCUT2D eigenvalue weighted by Crippen LogP contribution is 2.23. The molecule has 1 aromatic carbocycles. The van der Waals surface area contributed by atoms with Crippen LogP contribution in [0.2, 0.25) is 0 Å². The Labute approximate surface area is 96.5 Å². The van der Waals surface area contributed by atoms with Crippen LogP contribution in [0.4, 0.5) is 4.39 Å². The molecule has 3 heteroatoms. The molecule has 0 saturated heterocycles. The lowest BCUT2D eigenvalue weighted by molar-refractivity contribution is 0.0475. The Balaban J connectivity index is 2.59. The van der Waals surface area contributed by atoms with Crippen LogP contribution in [-0.4, -0.2) is 17.7 Å². The quantitative estimate of drug-likeness (QED) is 0.806. The maximum absolute atomic E-state index is 12.7. The molecule has 1 rings (SSSR count). The minimum Gasteiger partial charge on any atom is -0.385 e. The van der Waals surface area contributed by atoms with Crippen molar-refractivity contribution in [3.8, 4) is 0 Å². The van der Waals surface area contributed by atoms with E-state index in [2.05, 4.69) is 19.2 Å². The number of hydrogen-bond acceptors (Lipinski definition) is 2. The smallest absolute Gasteiger partial charge is 0.123 e. The molecule has 2 N–H and O–H groups in total. The summed E-state index contributed by atoms with van der Waals surface area (Å²) in [6, 6.07) is 6.42. The fraction of sp³-hybridized carbons (Fsp3) is 0.538. The van der Waals surface area contributed by atoms with Crippen LogP contribution in [0, 0.1) is 5.82 Å². The SMILES string of the molecule is CC(C)NCCC(C)(O)c1ccc(F)cc1. The van der Waals surface area contributed by atoms with Crippen LogP contribution in [0.5, 0.6) is 0 Å². The van der Waals surface area contributed by atoms with E-state index in [1.807, 2.05) is 0 Å². The number of benzene rings is 1. The molecule has 0 bridgehead atoms. The van der Waals surface area contributed by atoms with Crippen molar-refractivity contribution in [3.05, 3.63) is 35.6 Å². The van der Waals surface area contributed by atoms with Gasteiger partial charge >= 0.3 is 0 Å². The zero-order chi connectivity index (χ0) is 12.2. The Kier molecular flexibility index (Phi) is 4.44. The molecule has 0 aliphatic rings. The van der Waals surface area contributed by atoms with E-state index in [0.717, 1.165) is 12.1 Å². The third kappa shape index (κ3) is 3.91. The van der Waals surface area contributed by atoms with Crippen molar-refractivity contribution in [1.82, 2.24) is 5.32 Å². The van der Waals surface area contributed by atoms with Crippen molar-refractivity contribution in [2.75, 3.05) is 6.54 Å². The summed E-state index contributed by atoms with van der Waals surface area (Å²) >= 11 is 0. The van der Waals surface area contributed by atoms with Gasteiger partial charge in [-0.15, -0.1) is 0 Å². The lowest BCUT2D eigenvalue weighted by Crippen LogP contribution is -2.31. The average molecular weight is 225 g/mol. The van der Waals surface area contributed by atoms with Crippen molar-refractivity contribution < 1.29 is 9.50 Å². The second-order valence-corrected chi connectivity index (χ2v) is 4.64. The van der Waals surface area contributed by atoms with E-state index in [1.165, 1.54) is 12.1 Å². The van der Waals surface area contributed by atoms with Gasteiger partial charge in [-0.05, 0) is 37.6 Å². The highest BCUT2D eigenvalue weighted by Gasteiger charge is 2.22. The summed E-state index contributed by atoms with van der Waals surface area (Å²) in [5.74, 6) is -0.278. The van der Waals surface area contributed by atoms with Crippen LogP contribution in [0.25, 0.3) is 0 Å². The zero-order valence-corrected chi connectivity index (χ0v) is 10.1. The van der Waals surface area contributed by atoms with Gasteiger partial charge in [0, 0.05) is 6.04 Å². The molecule has 0 spiro atoms. The summed E-state index contributed by atoms with van der Waals surface area (Å²) < 4.78 is 12.7. The van der Waals surface area contributed by atoms with E-state index in [-0.39, 0.29) is 5.82 Å². The molecule has 1 aromatic rings. The van der Waals surface area contributed by atoms with E-state index < -0.39 is 5.60 Å². The predicted molar refractivity (Wildman–Crippen MR) is 63.7 cm³/mol. The Bertz CT molecular complexity index is 319. The fourth-order valence-corrected chi connectivity index (χ4v) is 1.56. The minimum absolute atomic E-state index is 0.278. The topological polar surface area (TPSA) is 32.3 Å². The lowest BCUT2D eigenvalue weighted by Gasteiger charge is -2.24. The first-order valence-electron chi connectivity index (χ1n) is 5.63. The number of rotatable bonds is 5. The van der Waals surface area contributed by atoms with Gasteiger partial charge in [0.1, 0.15) is 5.82 Å². The van der Waals surface area contributed by atoms with Gasteiger partial charge in [-0.1, -0.05) is 26.0 Å². The zero-order valence-electron chi connectivity index (χ0n) is 10.1. The lowest BCUT2D eigenvalue weighted by atomic mass is 9.92. The molecule has 90 valence electrons. The van der Waals surface area contributed by atoms with Gasteiger partial charge in [-0.2, -0.15) is 0 Å². The first-order valence-corrected chi connectivity index (χ1v) is 5.63. The summed E-state index contributed by atoms with van der Waals surface area (Å²) in [5, 5.41) is 13.5. The molecule has 0 aliphatic heterocycles. The first-order chi connectivity index (χ1) is 7.42. The maximum atomic E-state index is 12.7. The number of nitrogens with one attached hydrogen (secondary N) is 1. The van der Waals surface area contributed by atoms with Crippen LogP contribution in [0.15, 0.2) is 24.3 Å². The maximum Gasteiger partial charge on any atom is 0.123 e. The van der Waals surface area contributed by atoms with Gasteiger partial charge in [0.25, 0.3) is 0 Å². The van der Waals surface area contributed by atoms with Crippen LogP contribution in [0.1, 0.15) is 32.8 Å². The molecular formula is C13H20FNO. The number of halogens is 1. The Morgan fingerprint density at radius 1 is 1.31 bits per heavy atom. The Morgan fingerprint density at radius 3 is 2.38 bits per heavy atom. The third-order valence-electron chi connectivity index (χ3n) is 2.63. The normalized spacial score (nSPS) is 15.1. The second-order valence-electron chi connectivity index (χ2n) is 4.64. The highest BCUT2D eigenvalue weighted by molar-refractivity contribution is 5.22. The number of hydrogen-bond donors (Lipinski definition) is 2. The van der Waals surface area contributed by atoms with E-state index in [9.17, 15) is 9.50 Å². The third-order valence-corrected chi connectivity index (χ3v) is 2.63. The Morgan fingerprint density at radius 2 is 1.88 bits per heavy atom. The molecule has 0 saturated carbocycles. The molecule has 0 aliphatic carbocycles. The van der Waals surface area contributed by atoms with Crippen molar-refractivity contribution in [3.63, 3.8) is 0 Å². The standard InChI is InChI=1S/C13H20FNO/c1-10(2)15-9-8-13(3,16)11-4-6-12(14)7-5-11/h4-7,10,15-16H,8-9H2,1-3H3. The summed E-state index contributed by atoms with van der Waals surface area (Å²) in [5.41, 5.74) is -0.158. The Hall–Kier alpha value is -0.930. The van der Waals surface area contributed by atoms with Crippen molar-refractivity contribution in [2.45, 2.75) is 38.8 Å². The van der Waals surface area contributed by atoms with Crippen molar-refractivity contribution >= 4 is 0 Å². The summed E-state index contributed by atoms with van der Waals surface area (Å²) in [7, 11) is 0. The average Bonchev–Trinajstić information content (AvgIpc) is 2.17. The second kappa shape index (κ2) is 5.41. The molecule has 2 nitrogen and oxygen atoms in total. The van der Waals surface area contributed by atoms with E-state index in [4.69, 9.17) is 0 Å². The monoisotopic (exact) mass is 225 g/mol. The van der Waals surface area contributed by atoms with Crippen LogP contribution < -0.4 is 5.32 Å². The van der Waals surface area contributed by atoms with Gasteiger partial charge in [-0.3, -0.25) is 0 Å². The van der Waals surface area contributed by atoms with E-state index >= 15 is 0 Å². The summed E-state index contributed by atoms with van der Waals surface area (Å²) in [4.78, 5) is 0.